The summed E-state index contributed by atoms with van der Waals surface area (Å²) in [6.45, 7) is 0. The van der Waals surface area contributed by atoms with E-state index in [1.165, 1.54) is 38.5 Å². The summed E-state index contributed by atoms with van der Waals surface area (Å²) in [6.07, 6.45) is -9.70. The van der Waals surface area contributed by atoms with Crippen LogP contribution in [0.5, 0.6) is 17.2 Å². The van der Waals surface area contributed by atoms with Gasteiger partial charge < -0.3 is 19.5 Å². The van der Waals surface area contributed by atoms with Crippen LogP contribution in [0.2, 0.25) is 0 Å². The number of nitrogens with one attached hydrogen (secondary N) is 1. The first-order chi connectivity index (χ1) is 14.0. The molecule has 3 rings (SSSR count). The Morgan fingerprint density at radius 2 is 1.43 bits per heavy atom. The Labute approximate surface area is 165 Å². The summed E-state index contributed by atoms with van der Waals surface area (Å²) in [5.41, 5.74) is 0.0990. The number of hydrogen-bond donors (Lipinski definition) is 1. The van der Waals surface area contributed by atoms with Crippen molar-refractivity contribution in [2.24, 2.45) is 0 Å². The molecule has 0 saturated carbocycles. The van der Waals surface area contributed by atoms with Gasteiger partial charge in [-0.2, -0.15) is 13.2 Å². The standard InChI is InChI=1S/C18H13F6N3O3/c1-28-13-7-11-12(8-14(13)29-2)26-16(17(19,20)21)27-15(11)25-9-3-5-10(6-4-9)30-18(22,23)24/h3-8H,1-2H3,(H,25,26,27). The number of methoxy groups -OCH3 is 2. The average molecular weight is 433 g/mol. The van der Waals surface area contributed by atoms with Crippen molar-refractivity contribution < 1.29 is 40.6 Å². The monoisotopic (exact) mass is 433 g/mol. The molecule has 1 N–H and O–H groups in total. The van der Waals surface area contributed by atoms with Crippen LogP contribution < -0.4 is 19.5 Å². The van der Waals surface area contributed by atoms with E-state index in [1.807, 2.05) is 0 Å². The van der Waals surface area contributed by atoms with Crippen molar-refractivity contribution in [2.45, 2.75) is 12.5 Å². The van der Waals surface area contributed by atoms with Gasteiger partial charge in [-0.05, 0) is 30.3 Å². The maximum Gasteiger partial charge on any atom is 0.573 e. The zero-order valence-corrected chi connectivity index (χ0v) is 15.4. The van der Waals surface area contributed by atoms with Crippen molar-refractivity contribution in [3.05, 3.63) is 42.2 Å². The number of rotatable bonds is 5. The maximum atomic E-state index is 13.2. The van der Waals surface area contributed by atoms with Gasteiger partial charge in [-0.25, -0.2) is 9.97 Å². The topological polar surface area (TPSA) is 65.5 Å². The molecule has 0 aliphatic heterocycles. The van der Waals surface area contributed by atoms with Crippen LogP contribution >= 0.6 is 0 Å². The largest absolute Gasteiger partial charge is 0.573 e. The number of anilines is 2. The van der Waals surface area contributed by atoms with Gasteiger partial charge in [0.05, 0.1) is 19.7 Å². The molecule has 0 unspecified atom stereocenters. The highest BCUT2D eigenvalue weighted by atomic mass is 19.4. The first-order valence-corrected chi connectivity index (χ1v) is 8.14. The molecule has 0 saturated heterocycles. The third kappa shape index (κ3) is 4.75. The molecular weight excluding hydrogens is 420 g/mol. The smallest absolute Gasteiger partial charge is 0.493 e. The second kappa shape index (κ2) is 7.76. The van der Waals surface area contributed by atoms with Gasteiger partial charge in [-0.3, -0.25) is 0 Å². The molecule has 3 aromatic rings. The Balaban J connectivity index is 2.06. The van der Waals surface area contributed by atoms with E-state index in [0.29, 0.717) is 0 Å². The molecule has 160 valence electrons. The minimum Gasteiger partial charge on any atom is -0.493 e. The Kier molecular flexibility index (Phi) is 5.51. The molecule has 0 bridgehead atoms. The Bertz CT molecular complexity index is 1050. The van der Waals surface area contributed by atoms with E-state index in [0.717, 1.165) is 12.1 Å². The molecule has 6 nitrogen and oxygen atoms in total. The summed E-state index contributed by atoms with van der Waals surface area (Å²) >= 11 is 0. The van der Waals surface area contributed by atoms with Crippen LogP contribution in [0.3, 0.4) is 0 Å². The number of aromatic nitrogens is 2. The average Bonchev–Trinajstić information content (AvgIpc) is 2.66. The fraction of sp³-hybridized carbons (Fsp3) is 0.222. The Morgan fingerprint density at radius 1 is 0.833 bits per heavy atom. The van der Waals surface area contributed by atoms with E-state index in [-0.39, 0.29) is 33.9 Å². The zero-order chi connectivity index (χ0) is 22.1. The summed E-state index contributed by atoms with van der Waals surface area (Å²) in [4.78, 5) is 7.06. The number of fused-ring (bicyclic) bond motifs is 1. The molecule has 0 aliphatic carbocycles. The molecule has 1 heterocycles. The number of benzene rings is 2. The molecule has 30 heavy (non-hydrogen) atoms. The molecular formula is C18H13F6N3O3. The van der Waals surface area contributed by atoms with Crippen LogP contribution in [0, 0.1) is 0 Å². The molecule has 2 aromatic carbocycles. The molecule has 0 radical (unpaired) electrons. The number of halogens is 6. The van der Waals surface area contributed by atoms with Crippen LogP contribution in [0.1, 0.15) is 5.82 Å². The van der Waals surface area contributed by atoms with E-state index in [9.17, 15) is 26.3 Å². The first kappa shape index (κ1) is 21.3. The number of nitrogens with zero attached hydrogens (tertiary/aromatic N) is 2. The van der Waals surface area contributed by atoms with E-state index in [1.54, 1.807) is 0 Å². The van der Waals surface area contributed by atoms with Crippen LogP contribution in [0.25, 0.3) is 10.9 Å². The van der Waals surface area contributed by atoms with Gasteiger partial charge in [0, 0.05) is 17.1 Å². The van der Waals surface area contributed by atoms with Gasteiger partial charge in [-0.1, -0.05) is 0 Å². The van der Waals surface area contributed by atoms with Gasteiger partial charge >= 0.3 is 12.5 Å². The normalized spacial score (nSPS) is 12.0. The summed E-state index contributed by atoms with van der Waals surface area (Å²) in [5.74, 6) is -1.72. The fourth-order valence-electron chi connectivity index (χ4n) is 2.55. The van der Waals surface area contributed by atoms with E-state index in [2.05, 4.69) is 20.0 Å². The van der Waals surface area contributed by atoms with Crippen LogP contribution in [-0.4, -0.2) is 30.5 Å². The van der Waals surface area contributed by atoms with Gasteiger partial charge in [0.1, 0.15) is 11.6 Å². The molecule has 0 spiro atoms. The number of alkyl halides is 6. The lowest BCUT2D eigenvalue weighted by atomic mass is 10.2. The first-order valence-electron chi connectivity index (χ1n) is 8.14. The predicted molar refractivity (Wildman–Crippen MR) is 94.1 cm³/mol. The van der Waals surface area contributed by atoms with Gasteiger partial charge in [0.2, 0.25) is 5.82 Å². The Hall–Kier alpha value is -3.44. The predicted octanol–water partition coefficient (Wildman–Crippen LogP) is 5.31. The maximum absolute atomic E-state index is 13.2. The lowest BCUT2D eigenvalue weighted by Gasteiger charge is -2.15. The highest BCUT2D eigenvalue weighted by molar-refractivity contribution is 5.93. The van der Waals surface area contributed by atoms with Crippen molar-refractivity contribution in [1.29, 1.82) is 0 Å². The highest BCUT2D eigenvalue weighted by Crippen LogP contribution is 2.37. The van der Waals surface area contributed by atoms with Crippen LogP contribution in [0.15, 0.2) is 36.4 Å². The van der Waals surface area contributed by atoms with Gasteiger partial charge in [0.25, 0.3) is 0 Å². The lowest BCUT2D eigenvalue weighted by Crippen LogP contribution is -2.17. The van der Waals surface area contributed by atoms with Gasteiger partial charge in [0.15, 0.2) is 11.5 Å². The second-order valence-corrected chi connectivity index (χ2v) is 5.82. The van der Waals surface area contributed by atoms with Crippen LogP contribution in [0.4, 0.5) is 37.8 Å². The molecule has 0 aliphatic rings. The molecule has 0 amide bonds. The van der Waals surface area contributed by atoms with E-state index < -0.39 is 24.1 Å². The van der Waals surface area contributed by atoms with Crippen LogP contribution in [-0.2, 0) is 6.18 Å². The lowest BCUT2D eigenvalue weighted by molar-refractivity contribution is -0.274. The summed E-state index contributed by atoms with van der Waals surface area (Å²) in [7, 11) is 2.67. The molecule has 0 fully saturated rings. The number of ether oxygens (including phenoxy) is 3. The summed E-state index contributed by atoms with van der Waals surface area (Å²) < 4.78 is 90.5. The highest BCUT2D eigenvalue weighted by Gasteiger charge is 2.36. The number of hydrogen-bond acceptors (Lipinski definition) is 6. The minimum absolute atomic E-state index is 0.0745. The Morgan fingerprint density at radius 3 is 1.97 bits per heavy atom. The zero-order valence-electron chi connectivity index (χ0n) is 15.4. The van der Waals surface area contributed by atoms with Crippen molar-refractivity contribution in [3.8, 4) is 17.2 Å². The molecule has 12 heteroatoms. The van der Waals surface area contributed by atoms with Crippen molar-refractivity contribution in [3.63, 3.8) is 0 Å². The quantitative estimate of drug-likeness (QED) is 0.551. The minimum atomic E-state index is -4.87. The third-order valence-electron chi connectivity index (χ3n) is 3.81. The van der Waals surface area contributed by atoms with E-state index >= 15 is 0 Å². The van der Waals surface area contributed by atoms with Crippen molar-refractivity contribution in [1.82, 2.24) is 9.97 Å². The van der Waals surface area contributed by atoms with Gasteiger partial charge in [-0.15, -0.1) is 13.2 Å². The second-order valence-electron chi connectivity index (χ2n) is 5.82. The van der Waals surface area contributed by atoms with E-state index in [4.69, 9.17) is 9.47 Å². The molecule has 0 atom stereocenters. The molecule has 1 aromatic heterocycles. The summed E-state index contributed by atoms with van der Waals surface area (Å²) in [6, 6.07) is 7.06. The summed E-state index contributed by atoms with van der Waals surface area (Å²) in [5, 5.41) is 2.83. The SMILES string of the molecule is COc1cc2nc(C(F)(F)F)nc(Nc3ccc(OC(F)(F)F)cc3)c2cc1OC. The third-order valence-corrected chi connectivity index (χ3v) is 3.81. The van der Waals surface area contributed by atoms with Crippen molar-refractivity contribution >= 4 is 22.4 Å². The van der Waals surface area contributed by atoms with Crippen molar-refractivity contribution in [2.75, 3.05) is 19.5 Å². The fourth-order valence-corrected chi connectivity index (χ4v) is 2.55.